The molecule has 3 N–H and O–H groups in total. The molecule has 0 amide bonds. The Balaban J connectivity index is 1.29. The molecule has 2 unspecified atom stereocenters. The molecule has 0 radical (unpaired) electrons. The van der Waals surface area contributed by atoms with E-state index in [1.165, 1.54) is 33.6 Å². The monoisotopic (exact) mass is 522 g/mol. The van der Waals surface area contributed by atoms with Gasteiger partial charge in [-0.2, -0.15) is 0 Å². The van der Waals surface area contributed by atoms with Crippen LogP contribution in [0.15, 0.2) is 132 Å². The quantitative estimate of drug-likeness (QED) is 0.164. The van der Waals surface area contributed by atoms with Crippen molar-refractivity contribution in [2.45, 2.75) is 32.5 Å². The molecule has 0 aromatic heterocycles. The number of nitrogens with one attached hydrogen (secondary N) is 1. The fraction of sp³-hybridized carbons (Fsp3) is 0.139. The van der Waals surface area contributed by atoms with Gasteiger partial charge in [-0.25, -0.2) is 4.99 Å². The van der Waals surface area contributed by atoms with Gasteiger partial charge in [0, 0.05) is 35.1 Å². The van der Waals surface area contributed by atoms with Crippen molar-refractivity contribution >= 4 is 22.9 Å². The lowest BCUT2D eigenvalue weighted by atomic mass is 9.95. The summed E-state index contributed by atoms with van der Waals surface area (Å²) in [6.45, 7) is 4.27. The first-order chi connectivity index (χ1) is 19.6. The minimum Gasteiger partial charge on any atom is -0.383 e. The van der Waals surface area contributed by atoms with E-state index in [2.05, 4.69) is 121 Å². The maximum absolute atomic E-state index is 6.46. The standard InChI is InChI=1S/C36H34N4/c1-25-16-18-29(19-17-25)36(39-35(37)28-10-4-3-5-11-28)38-26(2)27-20-22-32(23-21-27)40-33-14-8-6-12-30(33)24-31-13-7-9-15-34(31)40/h3-23,26,36,38H,24H2,1-2H3,(H2,37,39). The van der Waals surface area contributed by atoms with Crippen LogP contribution in [0, 0.1) is 6.92 Å². The number of aliphatic imine (C=N–C) groups is 1. The van der Waals surface area contributed by atoms with Gasteiger partial charge in [-0.15, -0.1) is 0 Å². The third-order valence-corrected chi connectivity index (χ3v) is 7.64. The van der Waals surface area contributed by atoms with E-state index in [9.17, 15) is 0 Å². The van der Waals surface area contributed by atoms with Gasteiger partial charge in [0.2, 0.25) is 0 Å². The van der Waals surface area contributed by atoms with Gasteiger partial charge in [0.25, 0.3) is 0 Å². The molecule has 1 heterocycles. The minimum absolute atomic E-state index is 0.0496. The third kappa shape index (κ3) is 5.27. The van der Waals surface area contributed by atoms with E-state index in [1.54, 1.807) is 0 Å². The van der Waals surface area contributed by atoms with Crippen LogP contribution in [0.1, 0.15) is 52.5 Å². The number of hydrogen-bond donors (Lipinski definition) is 2. The van der Waals surface area contributed by atoms with E-state index in [-0.39, 0.29) is 12.2 Å². The largest absolute Gasteiger partial charge is 0.383 e. The summed E-state index contributed by atoms with van der Waals surface area (Å²) in [5, 5.41) is 3.72. The zero-order chi connectivity index (χ0) is 27.5. The molecule has 0 aliphatic carbocycles. The molecule has 1 aliphatic rings. The lowest BCUT2D eigenvalue weighted by Crippen LogP contribution is -2.26. The van der Waals surface area contributed by atoms with Crippen LogP contribution in [0.2, 0.25) is 0 Å². The van der Waals surface area contributed by atoms with Gasteiger partial charge < -0.3 is 10.6 Å². The van der Waals surface area contributed by atoms with Crippen molar-refractivity contribution in [3.05, 3.63) is 161 Å². The number of para-hydroxylation sites is 2. The molecule has 40 heavy (non-hydrogen) atoms. The Morgan fingerprint density at radius 2 is 1.25 bits per heavy atom. The van der Waals surface area contributed by atoms with Gasteiger partial charge >= 0.3 is 0 Å². The Labute approximate surface area is 236 Å². The summed E-state index contributed by atoms with van der Waals surface area (Å²) < 4.78 is 0. The maximum atomic E-state index is 6.46. The molecule has 0 bridgehead atoms. The number of anilines is 3. The summed E-state index contributed by atoms with van der Waals surface area (Å²) in [6.07, 6.45) is 0.672. The van der Waals surface area contributed by atoms with E-state index >= 15 is 0 Å². The van der Waals surface area contributed by atoms with Crippen LogP contribution in [0.5, 0.6) is 0 Å². The van der Waals surface area contributed by atoms with E-state index in [4.69, 9.17) is 10.7 Å². The summed E-state index contributed by atoms with van der Waals surface area (Å²) in [4.78, 5) is 7.30. The normalized spacial score (nSPS) is 14.2. The summed E-state index contributed by atoms with van der Waals surface area (Å²) in [5.41, 5.74) is 17.2. The average Bonchev–Trinajstić information content (AvgIpc) is 3.00. The summed E-state index contributed by atoms with van der Waals surface area (Å²) in [7, 11) is 0. The predicted octanol–water partition coefficient (Wildman–Crippen LogP) is 8.12. The molecule has 0 saturated carbocycles. The van der Waals surface area contributed by atoms with Crippen molar-refractivity contribution in [2.24, 2.45) is 10.7 Å². The van der Waals surface area contributed by atoms with Crippen LogP contribution in [0.4, 0.5) is 17.1 Å². The molecule has 1 aliphatic heterocycles. The predicted molar refractivity (Wildman–Crippen MR) is 167 cm³/mol. The number of rotatable bonds is 7. The van der Waals surface area contributed by atoms with Crippen molar-refractivity contribution < 1.29 is 0 Å². The highest BCUT2D eigenvalue weighted by molar-refractivity contribution is 5.97. The highest BCUT2D eigenvalue weighted by Crippen LogP contribution is 2.43. The Hall–Kier alpha value is -4.67. The topological polar surface area (TPSA) is 53.6 Å². The molecule has 0 spiro atoms. The fourth-order valence-electron chi connectivity index (χ4n) is 5.39. The van der Waals surface area contributed by atoms with E-state index in [0.717, 1.165) is 23.2 Å². The third-order valence-electron chi connectivity index (χ3n) is 7.64. The van der Waals surface area contributed by atoms with Crippen LogP contribution >= 0.6 is 0 Å². The van der Waals surface area contributed by atoms with Crippen LogP contribution in [0.25, 0.3) is 0 Å². The molecule has 2 atom stereocenters. The number of aryl methyl sites for hydroxylation is 1. The van der Waals surface area contributed by atoms with Crippen molar-refractivity contribution in [1.82, 2.24) is 5.32 Å². The van der Waals surface area contributed by atoms with Crippen LogP contribution < -0.4 is 16.0 Å². The Morgan fingerprint density at radius 3 is 1.88 bits per heavy atom. The van der Waals surface area contributed by atoms with Crippen molar-refractivity contribution in [1.29, 1.82) is 0 Å². The lowest BCUT2D eigenvalue weighted by molar-refractivity contribution is 0.480. The van der Waals surface area contributed by atoms with Crippen molar-refractivity contribution in [2.75, 3.05) is 4.90 Å². The van der Waals surface area contributed by atoms with Gasteiger partial charge in [0.1, 0.15) is 12.0 Å². The maximum Gasteiger partial charge on any atom is 0.128 e. The van der Waals surface area contributed by atoms with Crippen LogP contribution in [0.3, 0.4) is 0 Å². The summed E-state index contributed by atoms with van der Waals surface area (Å²) >= 11 is 0. The number of fused-ring (bicyclic) bond motifs is 2. The average molecular weight is 523 g/mol. The van der Waals surface area contributed by atoms with Crippen molar-refractivity contribution in [3.8, 4) is 0 Å². The van der Waals surface area contributed by atoms with Gasteiger partial charge in [-0.1, -0.05) is 109 Å². The van der Waals surface area contributed by atoms with Gasteiger partial charge in [-0.3, -0.25) is 5.32 Å². The number of hydrogen-bond acceptors (Lipinski definition) is 3. The van der Waals surface area contributed by atoms with Crippen LogP contribution in [-0.2, 0) is 6.42 Å². The molecular weight excluding hydrogens is 488 g/mol. The van der Waals surface area contributed by atoms with E-state index < -0.39 is 0 Å². The zero-order valence-electron chi connectivity index (χ0n) is 23.0. The fourth-order valence-corrected chi connectivity index (χ4v) is 5.39. The van der Waals surface area contributed by atoms with E-state index in [1.807, 2.05) is 30.3 Å². The summed E-state index contributed by atoms with van der Waals surface area (Å²) in [6, 6.07) is 44.7. The van der Waals surface area contributed by atoms with E-state index in [0.29, 0.717) is 5.84 Å². The molecule has 5 aromatic carbocycles. The highest BCUT2D eigenvalue weighted by atomic mass is 15.2. The molecule has 4 nitrogen and oxygen atoms in total. The molecule has 4 heteroatoms. The SMILES string of the molecule is Cc1ccc(C(/N=C(\N)c2ccccc2)NC(C)c2ccc(N3c4ccccc4Cc4ccccc43)cc2)cc1. The second-order valence-corrected chi connectivity index (χ2v) is 10.4. The lowest BCUT2D eigenvalue weighted by Gasteiger charge is -2.33. The Kier molecular flexibility index (Phi) is 7.17. The zero-order valence-corrected chi connectivity index (χ0v) is 23.0. The first-order valence-electron chi connectivity index (χ1n) is 13.8. The van der Waals surface area contributed by atoms with Gasteiger partial charge in [0.05, 0.1) is 0 Å². The first-order valence-corrected chi connectivity index (χ1v) is 13.8. The second kappa shape index (κ2) is 11.2. The summed E-state index contributed by atoms with van der Waals surface area (Å²) in [5.74, 6) is 0.517. The number of amidine groups is 1. The molecule has 6 rings (SSSR count). The van der Waals surface area contributed by atoms with Gasteiger partial charge in [0.15, 0.2) is 0 Å². The second-order valence-electron chi connectivity index (χ2n) is 10.4. The molecule has 0 fully saturated rings. The highest BCUT2D eigenvalue weighted by Gasteiger charge is 2.23. The molecule has 198 valence electrons. The van der Waals surface area contributed by atoms with Crippen LogP contribution in [-0.4, -0.2) is 5.84 Å². The molecule has 0 saturated heterocycles. The number of nitrogens with two attached hydrogens (primary N) is 1. The first kappa shape index (κ1) is 25.6. The minimum atomic E-state index is -0.281. The van der Waals surface area contributed by atoms with Gasteiger partial charge in [-0.05, 0) is 60.4 Å². The Bertz CT molecular complexity index is 1580. The van der Waals surface area contributed by atoms with Crippen molar-refractivity contribution in [3.63, 3.8) is 0 Å². The molecular formula is C36H34N4. The Morgan fingerprint density at radius 1 is 0.700 bits per heavy atom. The number of nitrogens with zero attached hydrogens (tertiary/aromatic N) is 2. The smallest absolute Gasteiger partial charge is 0.128 e. The number of benzene rings is 5. The molecule has 5 aromatic rings.